The molecule has 0 saturated carbocycles. The SMILES string of the molecule is CC(NC(N)=NCc1cccc(S(N)(=O)=O)c1)c1ccc(Cl)cc1Cl. The maximum Gasteiger partial charge on any atom is 0.238 e. The summed E-state index contributed by atoms with van der Waals surface area (Å²) in [7, 11) is -3.75. The summed E-state index contributed by atoms with van der Waals surface area (Å²) in [6, 6.07) is 11.3. The smallest absolute Gasteiger partial charge is 0.238 e. The first-order valence-corrected chi connectivity index (χ1v) is 9.60. The van der Waals surface area contributed by atoms with Gasteiger partial charge in [0.15, 0.2) is 5.96 Å². The molecule has 0 aliphatic rings. The number of benzene rings is 2. The largest absolute Gasteiger partial charge is 0.370 e. The monoisotopic (exact) mass is 400 g/mol. The number of hydrogen-bond acceptors (Lipinski definition) is 3. The molecule has 2 aromatic rings. The van der Waals surface area contributed by atoms with E-state index in [0.717, 1.165) is 5.56 Å². The Kier molecular flexibility index (Phi) is 6.29. The van der Waals surface area contributed by atoms with Crippen LogP contribution in [0.15, 0.2) is 52.4 Å². The minimum atomic E-state index is -3.75. The summed E-state index contributed by atoms with van der Waals surface area (Å²) in [5.74, 6) is 0.208. The van der Waals surface area contributed by atoms with Gasteiger partial charge in [0.2, 0.25) is 10.0 Å². The van der Waals surface area contributed by atoms with Crippen LogP contribution < -0.4 is 16.2 Å². The molecule has 1 atom stereocenters. The number of aliphatic imine (C=N–C) groups is 1. The van der Waals surface area contributed by atoms with Gasteiger partial charge < -0.3 is 11.1 Å². The molecule has 0 heterocycles. The number of rotatable bonds is 5. The molecule has 0 saturated heterocycles. The first kappa shape index (κ1) is 19.5. The highest BCUT2D eigenvalue weighted by Gasteiger charge is 2.11. The van der Waals surface area contributed by atoms with Gasteiger partial charge in [0, 0.05) is 10.0 Å². The number of sulfonamides is 1. The Morgan fingerprint density at radius 2 is 1.96 bits per heavy atom. The summed E-state index contributed by atoms with van der Waals surface area (Å²) in [4.78, 5) is 4.24. The van der Waals surface area contributed by atoms with Gasteiger partial charge in [-0.25, -0.2) is 18.5 Å². The highest BCUT2D eigenvalue weighted by atomic mass is 35.5. The van der Waals surface area contributed by atoms with E-state index in [9.17, 15) is 8.42 Å². The normalized spacial score (nSPS) is 13.5. The van der Waals surface area contributed by atoms with Crippen LogP contribution in [0.25, 0.3) is 0 Å². The molecule has 0 radical (unpaired) electrons. The lowest BCUT2D eigenvalue weighted by Gasteiger charge is -2.16. The fourth-order valence-electron chi connectivity index (χ4n) is 2.20. The number of nitrogens with two attached hydrogens (primary N) is 2. The molecule has 0 bridgehead atoms. The van der Waals surface area contributed by atoms with Crippen molar-refractivity contribution in [3.05, 3.63) is 63.6 Å². The Bertz CT molecular complexity index is 901. The highest BCUT2D eigenvalue weighted by molar-refractivity contribution is 7.89. The van der Waals surface area contributed by atoms with Gasteiger partial charge in [-0.05, 0) is 42.3 Å². The third-order valence-electron chi connectivity index (χ3n) is 3.45. The summed E-state index contributed by atoms with van der Waals surface area (Å²) < 4.78 is 22.7. The average molecular weight is 401 g/mol. The second kappa shape index (κ2) is 8.05. The van der Waals surface area contributed by atoms with Gasteiger partial charge in [-0.3, -0.25) is 0 Å². The number of hydrogen-bond donors (Lipinski definition) is 3. The van der Waals surface area contributed by atoms with Crippen LogP contribution in [0.3, 0.4) is 0 Å². The molecule has 9 heteroatoms. The number of primary sulfonamides is 1. The Labute approximate surface area is 156 Å². The number of halogens is 2. The first-order valence-electron chi connectivity index (χ1n) is 7.30. The molecule has 2 rings (SSSR count). The fourth-order valence-corrected chi connectivity index (χ4v) is 3.35. The predicted molar refractivity (Wildman–Crippen MR) is 101 cm³/mol. The topological polar surface area (TPSA) is 111 Å². The minimum absolute atomic E-state index is 0.0352. The molecule has 0 aliphatic heterocycles. The lowest BCUT2D eigenvalue weighted by atomic mass is 10.1. The van der Waals surface area contributed by atoms with Crippen molar-refractivity contribution in [2.24, 2.45) is 15.9 Å². The summed E-state index contributed by atoms with van der Waals surface area (Å²) in [5, 5.41) is 9.22. The van der Waals surface area contributed by atoms with Crippen LogP contribution in [-0.2, 0) is 16.6 Å². The van der Waals surface area contributed by atoms with Gasteiger partial charge in [0.1, 0.15) is 0 Å². The number of nitrogens with zero attached hydrogens (tertiary/aromatic N) is 1. The molecule has 6 nitrogen and oxygen atoms in total. The molecule has 0 spiro atoms. The van der Waals surface area contributed by atoms with Gasteiger partial charge in [0.05, 0.1) is 17.5 Å². The van der Waals surface area contributed by atoms with E-state index < -0.39 is 10.0 Å². The van der Waals surface area contributed by atoms with Crippen LogP contribution in [0.2, 0.25) is 10.0 Å². The second-order valence-electron chi connectivity index (χ2n) is 5.43. The van der Waals surface area contributed by atoms with E-state index in [4.69, 9.17) is 34.1 Å². The zero-order valence-corrected chi connectivity index (χ0v) is 15.7. The minimum Gasteiger partial charge on any atom is -0.370 e. The van der Waals surface area contributed by atoms with Crippen molar-refractivity contribution in [2.45, 2.75) is 24.4 Å². The third kappa shape index (κ3) is 5.61. The summed E-state index contributed by atoms with van der Waals surface area (Å²) >= 11 is 12.1. The molecule has 25 heavy (non-hydrogen) atoms. The van der Waals surface area contributed by atoms with E-state index >= 15 is 0 Å². The predicted octanol–water partition coefficient (Wildman–Crippen LogP) is 2.81. The van der Waals surface area contributed by atoms with Crippen LogP contribution >= 0.6 is 23.2 Å². The third-order valence-corrected chi connectivity index (χ3v) is 4.93. The summed E-state index contributed by atoms with van der Waals surface area (Å²) in [6.07, 6.45) is 0. The molecular weight excluding hydrogens is 383 g/mol. The Hall–Kier alpha value is -1.80. The molecule has 0 fully saturated rings. The van der Waals surface area contributed by atoms with Crippen LogP contribution in [0, 0.1) is 0 Å². The summed E-state index contributed by atoms with van der Waals surface area (Å²) in [6.45, 7) is 2.10. The lowest BCUT2D eigenvalue weighted by Crippen LogP contribution is -2.34. The van der Waals surface area contributed by atoms with Crippen molar-refractivity contribution < 1.29 is 8.42 Å². The van der Waals surface area contributed by atoms with E-state index in [1.54, 1.807) is 24.3 Å². The fraction of sp³-hybridized carbons (Fsp3) is 0.188. The standard InChI is InChI=1S/C16H18Cl2N4O2S/c1-10(14-6-5-12(17)8-15(14)18)22-16(19)21-9-11-3-2-4-13(7-11)25(20,23)24/h2-8,10H,9H2,1H3,(H3,19,21,22)(H2,20,23,24). The quantitative estimate of drug-likeness (QED) is 0.529. The summed E-state index contributed by atoms with van der Waals surface area (Å²) in [5.41, 5.74) is 7.40. The van der Waals surface area contributed by atoms with E-state index in [1.807, 2.05) is 13.0 Å². The zero-order chi connectivity index (χ0) is 18.6. The van der Waals surface area contributed by atoms with Crippen LogP contribution in [0.1, 0.15) is 24.1 Å². The molecular formula is C16H18Cl2N4O2S. The van der Waals surface area contributed by atoms with Crippen molar-refractivity contribution in [1.29, 1.82) is 0 Å². The molecule has 5 N–H and O–H groups in total. The van der Waals surface area contributed by atoms with Gasteiger partial charge in [-0.1, -0.05) is 41.4 Å². The number of guanidine groups is 1. The van der Waals surface area contributed by atoms with E-state index in [-0.39, 0.29) is 23.4 Å². The van der Waals surface area contributed by atoms with Gasteiger partial charge in [-0.15, -0.1) is 0 Å². The second-order valence-corrected chi connectivity index (χ2v) is 7.83. The molecule has 134 valence electrons. The maximum absolute atomic E-state index is 11.4. The van der Waals surface area contributed by atoms with Crippen molar-refractivity contribution in [1.82, 2.24) is 5.32 Å². The van der Waals surface area contributed by atoms with E-state index in [2.05, 4.69) is 10.3 Å². The van der Waals surface area contributed by atoms with Crippen LogP contribution in [0.4, 0.5) is 0 Å². The Balaban J connectivity index is 2.07. The Morgan fingerprint density at radius 1 is 1.24 bits per heavy atom. The van der Waals surface area contributed by atoms with E-state index in [0.29, 0.717) is 15.6 Å². The van der Waals surface area contributed by atoms with E-state index in [1.165, 1.54) is 12.1 Å². The first-order chi connectivity index (χ1) is 11.7. The maximum atomic E-state index is 11.4. The highest BCUT2D eigenvalue weighted by Crippen LogP contribution is 2.25. The molecule has 1 unspecified atom stereocenters. The molecule has 0 aromatic heterocycles. The van der Waals surface area contributed by atoms with Crippen molar-refractivity contribution in [3.8, 4) is 0 Å². The van der Waals surface area contributed by atoms with Crippen molar-refractivity contribution in [2.75, 3.05) is 0 Å². The van der Waals surface area contributed by atoms with Crippen LogP contribution in [0.5, 0.6) is 0 Å². The molecule has 2 aromatic carbocycles. The van der Waals surface area contributed by atoms with Gasteiger partial charge in [0.25, 0.3) is 0 Å². The van der Waals surface area contributed by atoms with Crippen molar-refractivity contribution >= 4 is 39.2 Å². The van der Waals surface area contributed by atoms with Gasteiger partial charge in [-0.2, -0.15) is 0 Å². The average Bonchev–Trinajstić information content (AvgIpc) is 2.52. The number of nitrogens with one attached hydrogen (secondary N) is 1. The lowest BCUT2D eigenvalue weighted by molar-refractivity contribution is 0.597. The van der Waals surface area contributed by atoms with Crippen LogP contribution in [-0.4, -0.2) is 14.4 Å². The molecule has 0 aliphatic carbocycles. The van der Waals surface area contributed by atoms with Gasteiger partial charge >= 0.3 is 0 Å². The Morgan fingerprint density at radius 3 is 2.60 bits per heavy atom. The van der Waals surface area contributed by atoms with Crippen molar-refractivity contribution in [3.63, 3.8) is 0 Å². The zero-order valence-electron chi connectivity index (χ0n) is 13.4. The molecule has 0 amide bonds.